The van der Waals surface area contributed by atoms with Crippen LogP contribution in [0.5, 0.6) is 5.75 Å². The number of hydrogen-bond acceptors (Lipinski definition) is 4. The van der Waals surface area contributed by atoms with Crippen LogP contribution >= 0.6 is 0 Å². The van der Waals surface area contributed by atoms with Gasteiger partial charge in [-0.25, -0.2) is 5.43 Å². The van der Waals surface area contributed by atoms with Crippen molar-refractivity contribution in [3.05, 3.63) is 59.7 Å². The number of nitrogen functional groups attached to an aromatic ring is 1. The zero-order valence-corrected chi connectivity index (χ0v) is 13.9. The minimum absolute atomic E-state index is 0.276. The lowest BCUT2D eigenvalue weighted by Crippen LogP contribution is -2.17. The molecule has 24 heavy (non-hydrogen) atoms. The van der Waals surface area contributed by atoms with Crippen molar-refractivity contribution >= 4 is 17.8 Å². The molecule has 0 radical (unpaired) electrons. The lowest BCUT2D eigenvalue weighted by atomic mass is 10.2. The van der Waals surface area contributed by atoms with Gasteiger partial charge in [-0.15, -0.1) is 0 Å². The molecule has 126 valence electrons. The molecule has 2 aromatic carbocycles. The number of ether oxygens (including phenoxy) is 1. The maximum atomic E-state index is 11.9. The molecule has 0 saturated heterocycles. The van der Waals surface area contributed by atoms with Crippen LogP contribution in [-0.2, 0) is 0 Å². The molecule has 3 N–H and O–H groups in total. The van der Waals surface area contributed by atoms with Gasteiger partial charge < -0.3 is 10.5 Å². The molecule has 5 nitrogen and oxygen atoms in total. The highest BCUT2D eigenvalue weighted by Gasteiger charge is 2.02. The van der Waals surface area contributed by atoms with Gasteiger partial charge in [0.25, 0.3) is 5.91 Å². The molecule has 0 spiro atoms. The van der Waals surface area contributed by atoms with Gasteiger partial charge >= 0.3 is 0 Å². The molecular formula is C19H23N3O2. The van der Waals surface area contributed by atoms with Crippen molar-refractivity contribution in [1.82, 2.24) is 5.43 Å². The van der Waals surface area contributed by atoms with Crippen LogP contribution < -0.4 is 15.9 Å². The Morgan fingerprint density at radius 2 is 1.83 bits per heavy atom. The first-order chi connectivity index (χ1) is 11.7. The van der Waals surface area contributed by atoms with Crippen molar-refractivity contribution in [3.63, 3.8) is 0 Å². The van der Waals surface area contributed by atoms with Crippen LogP contribution in [0.3, 0.4) is 0 Å². The number of carbonyl (C=O) groups is 1. The molecule has 1 amide bonds. The maximum absolute atomic E-state index is 11.9. The van der Waals surface area contributed by atoms with Gasteiger partial charge in [0.15, 0.2) is 0 Å². The first-order valence-corrected chi connectivity index (χ1v) is 8.11. The Labute approximate surface area is 142 Å². The fourth-order valence-corrected chi connectivity index (χ4v) is 2.06. The van der Waals surface area contributed by atoms with E-state index in [-0.39, 0.29) is 5.91 Å². The van der Waals surface area contributed by atoms with Crippen molar-refractivity contribution in [2.24, 2.45) is 5.10 Å². The standard InChI is InChI=1S/C19H23N3O2/c1-2-3-4-13-24-18-11-5-15(6-12-18)14-21-22-19(23)16-7-9-17(20)10-8-16/h5-12,14H,2-4,13,20H2,1H3,(H,22,23)/b21-14+. The first kappa shape index (κ1) is 17.5. The predicted octanol–water partition coefficient (Wildman–Crippen LogP) is 3.60. The smallest absolute Gasteiger partial charge is 0.271 e. The first-order valence-electron chi connectivity index (χ1n) is 8.11. The van der Waals surface area contributed by atoms with E-state index >= 15 is 0 Å². The molecule has 0 aliphatic carbocycles. The third-order valence-corrected chi connectivity index (χ3v) is 3.45. The van der Waals surface area contributed by atoms with Crippen LogP contribution in [0.25, 0.3) is 0 Å². The molecule has 2 rings (SSSR count). The maximum Gasteiger partial charge on any atom is 0.271 e. The summed E-state index contributed by atoms with van der Waals surface area (Å²) < 4.78 is 5.65. The van der Waals surface area contributed by atoms with E-state index in [4.69, 9.17) is 10.5 Å². The zero-order chi connectivity index (χ0) is 17.2. The number of amides is 1. The van der Waals surface area contributed by atoms with Gasteiger partial charge in [0.05, 0.1) is 12.8 Å². The Morgan fingerprint density at radius 1 is 1.12 bits per heavy atom. The third-order valence-electron chi connectivity index (χ3n) is 3.45. The zero-order valence-electron chi connectivity index (χ0n) is 13.9. The molecule has 0 unspecified atom stereocenters. The Balaban J connectivity index is 1.81. The second-order valence-electron chi connectivity index (χ2n) is 5.45. The molecule has 0 heterocycles. The number of anilines is 1. The summed E-state index contributed by atoms with van der Waals surface area (Å²) in [5, 5.41) is 3.96. The average molecular weight is 325 g/mol. The van der Waals surface area contributed by atoms with Gasteiger partial charge in [0.2, 0.25) is 0 Å². The second-order valence-corrected chi connectivity index (χ2v) is 5.45. The number of nitrogens with zero attached hydrogens (tertiary/aromatic N) is 1. The van der Waals surface area contributed by atoms with Crippen molar-refractivity contribution in [2.75, 3.05) is 12.3 Å². The summed E-state index contributed by atoms with van der Waals surface area (Å²) >= 11 is 0. The van der Waals surface area contributed by atoms with Crippen molar-refractivity contribution in [2.45, 2.75) is 26.2 Å². The minimum atomic E-state index is -0.276. The van der Waals surface area contributed by atoms with E-state index in [0.717, 1.165) is 24.3 Å². The van der Waals surface area contributed by atoms with E-state index in [2.05, 4.69) is 17.5 Å². The molecule has 2 aromatic rings. The van der Waals surface area contributed by atoms with E-state index in [1.807, 2.05) is 24.3 Å². The lowest BCUT2D eigenvalue weighted by Gasteiger charge is -2.05. The monoisotopic (exact) mass is 325 g/mol. The van der Waals surface area contributed by atoms with Crippen LogP contribution in [0.2, 0.25) is 0 Å². The number of nitrogens with one attached hydrogen (secondary N) is 1. The highest BCUT2D eigenvalue weighted by atomic mass is 16.5. The Bertz CT molecular complexity index is 664. The molecule has 0 saturated carbocycles. The summed E-state index contributed by atoms with van der Waals surface area (Å²) in [5.41, 5.74) is 10.1. The van der Waals surface area contributed by atoms with Crippen LogP contribution in [0.4, 0.5) is 5.69 Å². The molecule has 0 fully saturated rings. The van der Waals surface area contributed by atoms with Crippen molar-refractivity contribution in [1.29, 1.82) is 0 Å². The molecular weight excluding hydrogens is 302 g/mol. The summed E-state index contributed by atoms with van der Waals surface area (Å²) in [4.78, 5) is 11.9. The van der Waals surface area contributed by atoms with Crippen molar-refractivity contribution < 1.29 is 9.53 Å². The van der Waals surface area contributed by atoms with Gasteiger partial charge in [-0.3, -0.25) is 4.79 Å². The Hall–Kier alpha value is -2.82. The van der Waals surface area contributed by atoms with Gasteiger partial charge in [-0.2, -0.15) is 5.10 Å². The number of hydrogen-bond donors (Lipinski definition) is 2. The van der Waals surface area contributed by atoms with E-state index in [1.54, 1.807) is 30.5 Å². The Morgan fingerprint density at radius 3 is 2.50 bits per heavy atom. The average Bonchev–Trinajstić information content (AvgIpc) is 2.60. The number of nitrogens with two attached hydrogens (primary N) is 1. The predicted molar refractivity (Wildman–Crippen MR) is 97.4 cm³/mol. The number of carbonyl (C=O) groups excluding carboxylic acids is 1. The third kappa shape index (κ3) is 5.76. The van der Waals surface area contributed by atoms with Gasteiger partial charge in [0, 0.05) is 11.3 Å². The largest absolute Gasteiger partial charge is 0.494 e. The molecule has 0 aromatic heterocycles. The molecule has 0 atom stereocenters. The van der Waals surface area contributed by atoms with E-state index in [1.165, 1.54) is 12.8 Å². The summed E-state index contributed by atoms with van der Waals surface area (Å²) in [6, 6.07) is 14.3. The molecule has 0 aliphatic rings. The second kappa shape index (κ2) is 9.35. The summed E-state index contributed by atoms with van der Waals surface area (Å²) in [5.74, 6) is 0.566. The van der Waals surface area contributed by atoms with Gasteiger partial charge in [0.1, 0.15) is 5.75 Å². The van der Waals surface area contributed by atoms with E-state index < -0.39 is 0 Å². The number of rotatable bonds is 8. The highest BCUT2D eigenvalue weighted by molar-refractivity contribution is 5.95. The fraction of sp³-hybridized carbons (Fsp3) is 0.263. The SMILES string of the molecule is CCCCCOc1ccc(/C=N/NC(=O)c2ccc(N)cc2)cc1. The van der Waals surface area contributed by atoms with Crippen LogP contribution in [0.15, 0.2) is 53.6 Å². The molecule has 0 aliphatic heterocycles. The summed E-state index contributed by atoms with van der Waals surface area (Å²) in [6.45, 7) is 2.90. The molecule has 0 bridgehead atoms. The quantitative estimate of drug-likeness (QED) is 0.337. The fourth-order valence-electron chi connectivity index (χ4n) is 2.06. The number of benzene rings is 2. The Kier molecular flexibility index (Phi) is 6.83. The normalized spacial score (nSPS) is 10.7. The van der Waals surface area contributed by atoms with Crippen LogP contribution in [0.1, 0.15) is 42.1 Å². The molecule has 5 heteroatoms. The van der Waals surface area contributed by atoms with Crippen LogP contribution in [-0.4, -0.2) is 18.7 Å². The lowest BCUT2D eigenvalue weighted by molar-refractivity contribution is 0.0955. The number of hydrazone groups is 1. The van der Waals surface area contributed by atoms with Gasteiger partial charge in [-0.1, -0.05) is 19.8 Å². The summed E-state index contributed by atoms with van der Waals surface area (Å²) in [7, 11) is 0. The van der Waals surface area contributed by atoms with Gasteiger partial charge in [-0.05, 0) is 60.5 Å². The number of unbranched alkanes of at least 4 members (excludes halogenated alkanes) is 2. The summed E-state index contributed by atoms with van der Waals surface area (Å²) in [6.07, 6.45) is 5.02. The van der Waals surface area contributed by atoms with Crippen molar-refractivity contribution in [3.8, 4) is 5.75 Å². The van der Waals surface area contributed by atoms with E-state index in [9.17, 15) is 4.79 Å². The highest BCUT2D eigenvalue weighted by Crippen LogP contribution is 2.12. The van der Waals surface area contributed by atoms with E-state index in [0.29, 0.717) is 11.3 Å². The van der Waals surface area contributed by atoms with Crippen LogP contribution in [0, 0.1) is 0 Å². The minimum Gasteiger partial charge on any atom is -0.494 e. The topological polar surface area (TPSA) is 76.7 Å².